The van der Waals surface area contributed by atoms with Crippen molar-refractivity contribution in [1.82, 2.24) is 25.3 Å². The third-order valence-corrected chi connectivity index (χ3v) is 7.22. The first-order chi connectivity index (χ1) is 18.6. The molecule has 11 heteroatoms. The zero-order valence-corrected chi connectivity index (χ0v) is 21.5. The molecule has 2 saturated heterocycles. The molecule has 3 aromatic rings. The van der Waals surface area contributed by atoms with Crippen LogP contribution >= 0.6 is 0 Å². The van der Waals surface area contributed by atoms with Gasteiger partial charge in [-0.25, -0.2) is 19.7 Å². The first-order valence-corrected chi connectivity index (χ1v) is 13.1. The van der Waals surface area contributed by atoms with E-state index in [2.05, 4.69) is 37.3 Å². The van der Waals surface area contributed by atoms with E-state index in [0.29, 0.717) is 44.5 Å². The number of morpholine rings is 1. The maximum absolute atomic E-state index is 12.3. The molecule has 0 spiro atoms. The van der Waals surface area contributed by atoms with E-state index < -0.39 is 0 Å². The second-order valence-corrected chi connectivity index (χ2v) is 9.88. The molecule has 11 nitrogen and oxygen atoms in total. The topological polar surface area (TPSA) is 118 Å². The van der Waals surface area contributed by atoms with Crippen molar-refractivity contribution in [1.29, 1.82) is 0 Å². The van der Waals surface area contributed by atoms with Crippen LogP contribution in [0.2, 0.25) is 0 Å². The average molecular weight is 517 g/mol. The maximum Gasteiger partial charge on any atom is 0.319 e. The van der Waals surface area contributed by atoms with Crippen LogP contribution in [0.3, 0.4) is 0 Å². The molecule has 38 heavy (non-hydrogen) atoms. The number of anilines is 3. The summed E-state index contributed by atoms with van der Waals surface area (Å²) in [5.41, 5.74) is 3.79. The molecule has 3 aliphatic heterocycles. The summed E-state index contributed by atoms with van der Waals surface area (Å²) in [6, 6.07) is 7.71. The van der Waals surface area contributed by atoms with Gasteiger partial charge in [0.1, 0.15) is 11.6 Å². The van der Waals surface area contributed by atoms with E-state index in [1.807, 2.05) is 24.3 Å². The Morgan fingerprint density at radius 1 is 1.05 bits per heavy atom. The van der Waals surface area contributed by atoms with Gasteiger partial charge >= 0.3 is 6.03 Å². The van der Waals surface area contributed by atoms with Crippen LogP contribution in [-0.4, -0.2) is 77.6 Å². The van der Waals surface area contributed by atoms with Gasteiger partial charge in [-0.1, -0.05) is 0 Å². The fourth-order valence-corrected chi connectivity index (χ4v) is 5.17. The second-order valence-electron chi connectivity index (χ2n) is 9.88. The molecular formula is C27H32N8O3. The normalized spacial score (nSPS) is 21.2. The van der Waals surface area contributed by atoms with Gasteiger partial charge in [0.15, 0.2) is 5.82 Å². The molecular weight excluding hydrogens is 484 g/mol. The van der Waals surface area contributed by atoms with Crippen LogP contribution in [0.4, 0.5) is 22.1 Å². The number of carbonyl (C=O) groups is 1. The zero-order valence-electron chi connectivity index (χ0n) is 21.5. The van der Waals surface area contributed by atoms with Gasteiger partial charge in [-0.3, -0.25) is 4.98 Å². The van der Waals surface area contributed by atoms with Crippen molar-refractivity contribution in [2.75, 3.05) is 54.6 Å². The minimum Gasteiger partial charge on any atom is -0.379 e. The van der Waals surface area contributed by atoms with Gasteiger partial charge in [-0.05, 0) is 44.0 Å². The van der Waals surface area contributed by atoms with E-state index in [9.17, 15) is 4.79 Å². The van der Waals surface area contributed by atoms with Gasteiger partial charge in [0.25, 0.3) is 0 Å². The molecule has 0 saturated carbocycles. The summed E-state index contributed by atoms with van der Waals surface area (Å²) in [6.45, 7) is 7.03. The number of rotatable bonds is 5. The standard InChI is InChI=1S/C27H32N8O3/c1-18-16-38-13-11-35(18)26-22-6-10-34(24-14-28-8-9-29-24)15-23(22)32-25(33-26)19-2-4-20(5-3-19)30-27(36)31-21-7-12-37-17-21/h2-5,8-9,14,18,21H,6-7,10-13,15-17H2,1H3,(H2,30,31,36). The molecule has 6 rings (SSSR count). The number of nitrogens with zero attached hydrogens (tertiary/aromatic N) is 6. The smallest absolute Gasteiger partial charge is 0.319 e. The summed E-state index contributed by atoms with van der Waals surface area (Å²) in [4.78, 5) is 35.7. The van der Waals surface area contributed by atoms with E-state index in [1.54, 1.807) is 18.6 Å². The van der Waals surface area contributed by atoms with Crippen molar-refractivity contribution < 1.29 is 14.3 Å². The third kappa shape index (κ3) is 5.25. The lowest BCUT2D eigenvalue weighted by atomic mass is 10.0. The fraction of sp³-hybridized carbons (Fsp3) is 0.444. The predicted octanol–water partition coefficient (Wildman–Crippen LogP) is 2.63. The Bertz CT molecular complexity index is 1270. The lowest BCUT2D eigenvalue weighted by Crippen LogP contribution is -2.45. The lowest BCUT2D eigenvalue weighted by molar-refractivity contribution is 0.0984. The van der Waals surface area contributed by atoms with Gasteiger partial charge in [0.2, 0.25) is 0 Å². The highest BCUT2D eigenvalue weighted by atomic mass is 16.5. The molecule has 2 amide bonds. The number of aromatic nitrogens is 4. The Morgan fingerprint density at radius 3 is 2.68 bits per heavy atom. The van der Waals surface area contributed by atoms with Gasteiger partial charge in [-0.15, -0.1) is 0 Å². The molecule has 198 valence electrons. The van der Waals surface area contributed by atoms with Crippen LogP contribution in [0.5, 0.6) is 0 Å². The first kappa shape index (κ1) is 24.5. The van der Waals surface area contributed by atoms with Crippen LogP contribution < -0.4 is 20.4 Å². The van der Waals surface area contributed by atoms with Crippen molar-refractivity contribution in [3.8, 4) is 11.4 Å². The number of fused-ring (bicyclic) bond motifs is 1. The highest BCUT2D eigenvalue weighted by Gasteiger charge is 2.29. The molecule has 5 heterocycles. The SMILES string of the molecule is CC1COCCN1c1nc(-c2ccc(NC(=O)NC3CCOC3)cc2)nc2c1CCN(c1cnccn1)C2. The largest absolute Gasteiger partial charge is 0.379 e. The summed E-state index contributed by atoms with van der Waals surface area (Å²) in [6.07, 6.45) is 6.86. The van der Waals surface area contributed by atoms with Crippen LogP contribution in [0.15, 0.2) is 42.9 Å². The Balaban J connectivity index is 1.28. The quantitative estimate of drug-likeness (QED) is 0.528. The summed E-state index contributed by atoms with van der Waals surface area (Å²) < 4.78 is 11.0. The predicted molar refractivity (Wildman–Crippen MR) is 143 cm³/mol. The van der Waals surface area contributed by atoms with Gasteiger partial charge < -0.3 is 29.9 Å². The molecule has 2 atom stereocenters. The number of carbonyl (C=O) groups excluding carboxylic acids is 1. The number of benzene rings is 1. The number of hydrogen-bond acceptors (Lipinski definition) is 9. The van der Waals surface area contributed by atoms with E-state index in [0.717, 1.165) is 48.8 Å². The maximum atomic E-state index is 12.3. The Labute approximate surface area is 221 Å². The third-order valence-electron chi connectivity index (χ3n) is 7.22. The number of hydrogen-bond donors (Lipinski definition) is 2. The average Bonchev–Trinajstić information content (AvgIpc) is 3.46. The van der Waals surface area contributed by atoms with Gasteiger partial charge in [0.05, 0.1) is 50.3 Å². The number of urea groups is 1. The molecule has 0 bridgehead atoms. The van der Waals surface area contributed by atoms with Crippen LogP contribution in [0, 0.1) is 0 Å². The molecule has 0 radical (unpaired) electrons. The van der Waals surface area contributed by atoms with Crippen LogP contribution in [-0.2, 0) is 22.4 Å². The number of nitrogens with one attached hydrogen (secondary N) is 2. The summed E-state index contributed by atoms with van der Waals surface area (Å²) in [5.74, 6) is 2.50. The summed E-state index contributed by atoms with van der Waals surface area (Å²) in [7, 11) is 0. The molecule has 2 N–H and O–H groups in total. The summed E-state index contributed by atoms with van der Waals surface area (Å²) in [5, 5.41) is 5.85. The van der Waals surface area contributed by atoms with Crippen LogP contribution in [0.1, 0.15) is 24.6 Å². The minimum absolute atomic E-state index is 0.0561. The van der Waals surface area contributed by atoms with Crippen molar-refractivity contribution in [3.05, 3.63) is 54.1 Å². The second kappa shape index (κ2) is 10.9. The molecule has 0 aliphatic carbocycles. The minimum atomic E-state index is -0.231. The highest BCUT2D eigenvalue weighted by Crippen LogP contribution is 2.32. The van der Waals surface area contributed by atoms with E-state index in [4.69, 9.17) is 19.4 Å². The first-order valence-electron chi connectivity index (χ1n) is 13.1. The van der Waals surface area contributed by atoms with Gasteiger partial charge in [-0.2, -0.15) is 0 Å². The van der Waals surface area contributed by atoms with E-state index in [-0.39, 0.29) is 18.1 Å². The Morgan fingerprint density at radius 2 is 1.92 bits per heavy atom. The van der Waals surface area contributed by atoms with Crippen molar-refractivity contribution in [2.45, 2.75) is 38.4 Å². The molecule has 1 aromatic carbocycles. The molecule has 2 unspecified atom stereocenters. The monoisotopic (exact) mass is 516 g/mol. The fourth-order valence-electron chi connectivity index (χ4n) is 5.17. The van der Waals surface area contributed by atoms with E-state index >= 15 is 0 Å². The van der Waals surface area contributed by atoms with Gasteiger partial charge in [0, 0.05) is 48.9 Å². The Kier molecular flexibility index (Phi) is 7.02. The lowest BCUT2D eigenvalue weighted by Gasteiger charge is -2.38. The zero-order chi connectivity index (χ0) is 25.9. The van der Waals surface area contributed by atoms with E-state index in [1.165, 1.54) is 5.56 Å². The molecule has 2 fully saturated rings. The van der Waals surface area contributed by atoms with Crippen LogP contribution in [0.25, 0.3) is 11.4 Å². The number of amides is 2. The molecule has 2 aromatic heterocycles. The van der Waals surface area contributed by atoms with Crippen molar-refractivity contribution in [2.24, 2.45) is 0 Å². The number of ether oxygens (including phenoxy) is 2. The van der Waals surface area contributed by atoms with Crippen molar-refractivity contribution >= 4 is 23.4 Å². The molecule has 3 aliphatic rings. The van der Waals surface area contributed by atoms with Crippen molar-refractivity contribution in [3.63, 3.8) is 0 Å². The Hall–Kier alpha value is -3.83. The highest BCUT2D eigenvalue weighted by molar-refractivity contribution is 5.89. The summed E-state index contributed by atoms with van der Waals surface area (Å²) >= 11 is 0.